The fourth-order valence-electron chi connectivity index (χ4n) is 2.48. The molecule has 0 aliphatic heterocycles. The number of nitriles is 1. The van der Waals surface area contributed by atoms with Crippen LogP contribution in [0.5, 0.6) is 5.75 Å². The predicted molar refractivity (Wildman–Crippen MR) is 105 cm³/mol. The molecule has 0 fully saturated rings. The Morgan fingerprint density at radius 3 is 2.60 bits per heavy atom. The van der Waals surface area contributed by atoms with Crippen LogP contribution in [-0.4, -0.2) is 50.6 Å². The predicted octanol–water partition coefficient (Wildman–Crippen LogP) is 2.00. The number of halogens is 2. The molecule has 1 atom stereocenters. The topological polar surface area (TPSA) is 117 Å². The Hall–Kier alpha value is -3.04. The third-order valence-corrected chi connectivity index (χ3v) is 6.13. The van der Waals surface area contributed by atoms with Crippen molar-refractivity contribution in [2.75, 3.05) is 12.8 Å². The molecule has 1 aromatic heterocycles. The molecule has 2 aromatic rings. The molecule has 8 nitrogen and oxygen atoms in total. The van der Waals surface area contributed by atoms with Crippen LogP contribution in [0.3, 0.4) is 0 Å². The molecule has 1 aromatic carbocycles. The second-order valence-corrected chi connectivity index (χ2v) is 8.97. The number of benzene rings is 1. The highest BCUT2D eigenvalue weighted by atomic mass is 32.2. The van der Waals surface area contributed by atoms with Gasteiger partial charge in [-0.1, -0.05) is 18.2 Å². The van der Waals surface area contributed by atoms with E-state index in [0.717, 1.165) is 7.05 Å². The first kappa shape index (κ1) is 23.2. The highest BCUT2D eigenvalue weighted by Crippen LogP contribution is 2.23. The number of nitrogens with one attached hydrogen (secondary N) is 1. The maximum absolute atomic E-state index is 12.7. The molecule has 1 N–H and O–H groups in total. The number of hydrogen-bond acceptors (Lipinski definition) is 7. The van der Waals surface area contributed by atoms with Gasteiger partial charge in [0.15, 0.2) is 16.0 Å². The zero-order valence-electron chi connectivity index (χ0n) is 15.6. The molecule has 0 saturated carbocycles. The molecule has 12 heteroatoms. The maximum Gasteiger partial charge on any atom is 0.387 e. The molecule has 1 heterocycles. The van der Waals surface area contributed by atoms with E-state index in [9.17, 15) is 26.8 Å². The van der Waals surface area contributed by atoms with Crippen molar-refractivity contribution in [2.24, 2.45) is 0 Å². The minimum atomic E-state index is -4.09. The van der Waals surface area contributed by atoms with Crippen LogP contribution < -0.4 is 10.1 Å². The summed E-state index contributed by atoms with van der Waals surface area (Å²) in [4.78, 5) is 25.3. The number of rotatable bonds is 9. The molecule has 0 radical (unpaired) electrons. The number of likely N-dealkylation sites (N-methyl/N-ethyl adjacent to an activating group) is 1. The van der Waals surface area contributed by atoms with E-state index >= 15 is 0 Å². The van der Waals surface area contributed by atoms with Crippen LogP contribution in [0.1, 0.15) is 15.9 Å². The molecule has 0 bridgehead atoms. The molecule has 160 valence electrons. The lowest BCUT2D eigenvalue weighted by Crippen LogP contribution is -2.49. The molecule has 0 aliphatic carbocycles. The second kappa shape index (κ2) is 10.1. The Kier molecular flexibility index (Phi) is 7.85. The molecule has 0 spiro atoms. The highest BCUT2D eigenvalue weighted by molar-refractivity contribution is 7.90. The number of para-hydroxylation sites is 1. The smallest absolute Gasteiger partial charge is 0.387 e. The first-order valence-corrected chi connectivity index (χ1v) is 11.1. The van der Waals surface area contributed by atoms with E-state index in [1.165, 1.54) is 47.0 Å². The van der Waals surface area contributed by atoms with Crippen molar-refractivity contribution in [3.63, 3.8) is 0 Å². The Labute approximate surface area is 175 Å². The number of nitrogens with zero attached hydrogens (tertiary/aromatic N) is 2. The van der Waals surface area contributed by atoms with Gasteiger partial charge in [0, 0.05) is 18.0 Å². The van der Waals surface area contributed by atoms with Crippen LogP contribution in [0.4, 0.5) is 8.78 Å². The van der Waals surface area contributed by atoms with Gasteiger partial charge in [-0.05, 0) is 17.5 Å². The molecule has 2 amide bonds. The van der Waals surface area contributed by atoms with E-state index < -0.39 is 45.8 Å². The fourth-order valence-corrected chi connectivity index (χ4v) is 4.68. The van der Waals surface area contributed by atoms with Crippen molar-refractivity contribution < 1.29 is 31.5 Å². The Morgan fingerprint density at radius 2 is 2.00 bits per heavy atom. The number of ether oxygens (including phenoxy) is 1. The van der Waals surface area contributed by atoms with Gasteiger partial charge in [0.1, 0.15) is 11.8 Å². The van der Waals surface area contributed by atoms with Gasteiger partial charge >= 0.3 is 6.61 Å². The quantitative estimate of drug-likeness (QED) is 0.455. The van der Waals surface area contributed by atoms with Gasteiger partial charge in [-0.15, -0.1) is 0 Å². The monoisotopic (exact) mass is 457 g/mol. The summed E-state index contributed by atoms with van der Waals surface area (Å²) in [5.41, 5.74) is 0.201. The summed E-state index contributed by atoms with van der Waals surface area (Å²) in [5.74, 6) is -3.46. The summed E-state index contributed by atoms with van der Waals surface area (Å²) in [6.07, 6.45) is 1.56. The first-order chi connectivity index (χ1) is 14.1. The summed E-state index contributed by atoms with van der Waals surface area (Å²) in [5, 5.41) is 14.4. The van der Waals surface area contributed by atoms with Crippen molar-refractivity contribution in [2.45, 2.75) is 18.4 Å². The fraction of sp³-hybridized carbons (Fsp3) is 0.278. The van der Waals surface area contributed by atoms with Gasteiger partial charge in [-0.3, -0.25) is 14.5 Å². The Bertz CT molecular complexity index is 1040. The van der Waals surface area contributed by atoms with Gasteiger partial charge in [0.05, 0.1) is 17.1 Å². The zero-order chi connectivity index (χ0) is 22.3. The molecular formula is C18H17F2N3O5S2. The number of sulfone groups is 1. The minimum Gasteiger partial charge on any atom is -0.435 e. The van der Waals surface area contributed by atoms with Crippen LogP contribution in [0.25, 0.3) is 0 Å². The number of alkyl halides is 2. The van der Waals surface area contributed by atoms with Crippen LogP contribution >= 0.6 is 11.3 Å². The molecule has 0 unspecified atom stereocenters. The van der Waals surface area contributed by atoms with E-state index in [1.807, 2.05) is 0 Å². The van der Waals surface area contributed by atoms with Gasteiger partial charge in [-0.2, -0.15) is 25.4 Å². The lowest BCUT2D eigenvalue weighted by atomic mass is 10.2. The van der Waals surface area contributed by atoms with E-state index in [-0.39, 0.29) is 16.9 Å². The largest absolute Gasteiger partial charge is 0.435 e. The summed E-state index contributed by atoms with van der Waals surface area (Å²) in [6, 6.07) is 5.30. The summed E-state index contributed by atoms with van der Waals surface area (Å²) < 4.78 is 54.8. The maximum atomic E-state index is 12.7. The van der Waals surface area contributed by atoms with Crippen LogP contribution in [-0.2, 0) is 20.4 Å². The molecule has 0 saturated heterocycles. The van der Waals surface area contributed by atoms with Crippen molar-refractivity contribution >= 4 is 33.0 Å². The van der Waals surface area contributed by atoms with Crippen molar-refractivity contribution in [1.82, 2.24) is 10.2 Å². The van der Waals surface area contributed by atoms with Crippen molar-refractivity contribution in [3.05, 3.63) is 52.2 Å². The highest BCUT2D eigenvalue weighted by Gasteiger charge is 2.30. The molecular weight excluding hydrogens is 440 g/mol. The average molecular weight is 457 g/mol. The van der Waals surface area contributed by atoms with Gasteiger partial charge < -0.3 is 10.1 Å². The normalized spacial score (nSPS) is 12.1. The molecule has 2 rings (SSSR count). The van der Waals surface area contributed by atoms with Crippen LogP contribution in [0.2, 0.25) is 0 Å². The van der Waals surface area contributed by atoms with E-state index in [2.05, 4.69) is 10.1 Å². The van der Waals surface area contributed by atoms with Crippen molar-refractivity contribution in [3.8, 4) is 11.9 Å². The lowest BCUT2D eigenvalue weighted by Gasteiger charge is -2.20. The number of carbonyl (C=O) groups excluding carboxylic acids is 2. The van der Waals surface area contributed by atoms with Crippen molar-refractivity contribution in [1.29, 1.82) is 5.26 Å². The Morgan fingerprint density at radius 1 is 1.30 bits per heavy atom. The van der Waals surface area contributed by atoms with E-state index in [0.29, 0.717) is 4.90 Å². The first-order valence-electron chi connectivity index (χ1n) is 8.36. The van der Waals surface area contributed by atoms with Crippen LogP contribution in [0, 0.1) is 11.5 Å². The summed E-state index contributed by atoms with van der Waals surface area (Å²) in [7, 11) is -2.96. The number of hydrogen-bond donors (Lipinski definition) is 1. The SMILES string of the molecule is CN(C#N)C(=O)[C@H](CS(=O)(=O)Cc1ccccc1OC(F)F)NC(=O)c1ccsc1. The second-order valence-electron chi connectivity index (χ2n) is 6.08. The van der Waals surface area contributed by atoms with Gasteiger partial charge in [-0.25, -0.2) is 8.42 Å². The lowest BCUT2D eigenvalue weighted by molar-refractivity contribution is -0.128. The van der Waals surface area contributed by atoms with Crippen LogP contribution in [0.15, 0.2) is 41.1 Å². The number of amides is 2. The minimum absolute atomic E-state index is 0.0261. The third kappa shape index (κ3) is 6.50. The molecule has 30 heavy (non-hydrogen) atoms. The van der Waals surface area contributed by atoms with Gasteiger partial charge in [0.2, 0.25) is 0 Å². The zero-order valence-corrected chi connectivity index (χ0v) is 17.3. The van der Waals surface area contributed by atoms with E-state index in [1.54, 1.807) is 11.6 Å². The third-order valence-electron chi connectivity index (χ3n) is 3.85. The van der Waals surface area contributed by atoms with Gasteiger partial charge in [0.25, 0.3) is 11.8 Å². The summed E-state index contributed by atoms with van der Waals surface area (Å²) >= 11 is 1.23. The average Bonchev–Trinajstić information content (AvgIpc) is 3.22. The standard InChI is InChI=1S/C18H17F2N3O5S2/c1-23(11-21)17(25)14(22-16(24)12-6-7-29-8-12)10-30(26,27)9-13-4-2-3-5-15(13)28-18(19)20/h2-8,14,18H,9-10H2,1H3,(H,22,24)/t14-/m0/s1. The summed E-state index contributed by atoms with van der Waals surface area (Å²) in [6.45, 7) is -3.14. The Balaban J connectivity index is 2.24. The number of carbonyl (C=O) groups is 2. The molecule has 0 aliphatic rings. The van der Waals surface area contributed by atoms with E-state index in [4.69, 9.17) is 5.26 Å². The number of thiophene rings is 1.